The van der Waals surface area contributed by atoms with Crippen molar-refractivity contribution in [3.05, 3.63) is 29.8 Å². The van der Waals surface area contributed by atoms with E-state index in [0.717, 1.165) is 25.3 Å². The second-order valence-corrected chi connectivity index (χ2v) is 4.61. The fourth-order valence-corrected chi connectivity index (χ4v) is 1.60. The maximum atomic E-state index is 13.4. The number of benzene rings is 1. The number of esters is 1. The largest absolute Gasteiger partial charge is 0.480 e. The van der Waals surface area contributed by atoms with Crippen molar-refractivity contribution in [3.63, 3.8) is 0 Å². The van der Waals surface area contributed by atoms with Gasteiger partial charge in [-0.2, -0.15) is 13.2 Å². The Morgan fingerprint density at radius 2 is 1.72 bits per heavy atom. The molecular formula is C14H12F5NO5. The second-order valence-electron chi connectivity index (χ2n) is 4.61. The van der Waals surface area contributed by atoms with Crippen molar-refractivity contribution in [2.24, 2.45) is 0 Å². The number of carbonyl (C=O) groups is 3. The van der Waals surface area contributed by atoms with E-state index in [1.807, 2.05) is 0 Å². The number of ketones is 1. The molecule has 0 aliphatic carbocycles. The number of nitrogens with one attached hydrogen (secondary N) is 1. The molecule has 0 radical (unpaired) electrons. The molecule has 0 saturated heterocycles. The van der Waals surface area contributed by atoms with Crippen LogP contribution in [0.3, 0.4) is 0 Å². The van der Waals surface area contributed by atoms with Gasteiger partial charge in [-0.15, -0.1) is 0 Å². The van der Waals surface area contributed by atoms with Crippen molar-refractivity contribution in [2.45, 2.75) is 18.6 Å². The van der Waals surface area contributed by atoms with Crippen LogP contribution in [0.4, 0.5) is 22.0 Å². The van der Waals surface area contributed by atoms with Crippen LogP contribution in [-0.4, -0.2) is 43.6 Å². The van der Waals surface area contributed by atoms with Crippen LogP contribution in [0.25, 0.3) is 0 Å². The van der Waals surface area contributed by atoms with Gasteiger partial charge in [0.15, 0.2) is 23.2 Å². The molecule has 1 rings (SSSR count). The van der Waals surface area contributed by atoms with Crippen LogP contribution < -0.4 is 10.1 Å². The van der Waals surface area contributed by atoms with Crippen molar-refractivity contribution >= 4 is 17.7 Å². The number of hydrogen-bond acceptors (Lipinski definition) is 5. The third-order valence-electron chi connectivity index (χ3n) is 2.83. The highest BCUT2D eigenvalue weighted by atomic mass is 19.4. The summed E-state index contributed by atoms with van der Waals surface area (Å²) in [5.41, 5.74) is 0. The smallest absolute Gasteiger partial charge is 0.471 e. The van der Waals surface area contributed by atoms with Gasteiger partial charge in [-0.3, -0.25) is 14.4 Å². The number of rotatable bonds is 7. The lowest BCUT2D eigenvalue weighted by atomic mass is 10.1. The maximum absolute atomic E-state index is 13.4. The summed E-state index contributed by atoms with van der Waals surface area (Å²) in [7, 11) is 0.917. The van der Waals surface area contributed by atoms with Gasteiger partial charge in [-0.1, -0.05) is 6.07 Å². The summed E-state index contributed by atoms with van der Waals surface area (Å²) < 4.78 is 72.4. The molecule has 138 valence electrons. The number of para-hydroxylation sites is 1. The summed E-state index contributed by atoms with van der Waals surface area (Å²) in [6.45, 7) is -1.09. The lowest BCUT2D eigenvalue weighted by Crippen LogP contribution is -2.49. The number of ether oxygens (including phenoxy) is 2. The van der Waals surface area contributed by atoms with Crippen molar-refractivity contribution in [1.29, 1.82) is 0 Å². The Bertz CT molecular complexity index is 641. The number of alkyl halides is 3. The standard InChI is InChI=1S/C14H12F5NO5/c1-24-11(22)5-9(20-13(23)14(17,18)19)10(21)6-25-12-7(15)3-2-4-8(12)16/h2-4,9H,5-6H2,1H3,(H,20,23)/t9-/m0/s1. The first kappa shape index (κ1) is 20.3. The molecule has 0 unspecified atom stereocenters. The van der Waals surface area contributed by atoms with Crippen molar-refractivity contribution in [2.75, 3.05) is 13.7 Å². The third kappa shape index (κ3) is 6.01. The molecule has 0 aliphatic heterocycles. The average Bonchev–Trinajstić information content (AvgIpc) is 2.52. The number of hydrogen-bond donors (Lipinski definition) is 1. The summed E-state index contributed by atoms with van der Waals surface area (Å²) in [5, 5.41) is 1.31. The molecule has 11 heteroatoms. The van der Waals surface area contributed by atoms with Crippen LogP contribution in [0.15, 0.2) is 18.2 Å². The van der Waals surface area contributed by atoms with Gasteiger partial charge in [0.25, 0.3) is 0 Å². The Hall–Kier alpha value is -2.72. The summed E-state index contributed by atoms with van der Waals surface area (Å²) in [5.74, 6) is -7.97. The predicted molar refractivity (Wildman–Crippen MR) is 71.5 cm³/mol. The Balaban J connectivity index is 2.85. The minimum Gasteiger partial charge on any atom is -0.480 e. The number of amides is 1. The summed E-state index contributed by atoms with van der Waals surface area (Å²) in [6.07, 6.45) is -6.21. The molecule has 1 N–H and O–H groups in total. The van der Waals surface area contributed by atoms with E-state index in [1.54, 1.807) is 0 Å². The van der Waals surface area contributed by atoms with Crippen LogP contribution >= 0.6 is 0 Å². The van der Waals surface area contributed by atoms with Gasteiger partial charge in [-0.25, -0.2) is 8.78 Å². The van der Waals surface area contributed by atoms with E-state index >= 15 is 0 Å². The molecule has 0 bridgehead atoms. The van der Waals surface area contributed by atoms with E-state index in [4.69, 9.17) is 0 Å². The normalized spacial score (nSPS) is 12.2. The summed E-state index contributed by atoms with van der Waals surface area (Å²) in [4.78, 5) is 34.0. The van der Waals surface area contributed by atoms with Crippen molar-refractivity contribution in [3.8, 4) is 5.75 Å². The van der Waals surface area contributed by atoms with E-state index in [0.29, 0.717) is 0 Å². The van der Waals surface area contributed by atoms with Crippen LogP contribution in [0, 0.1) is 11.6 Å². The molecule has 0 aromatic heterocycles. The topological polar surface area (TPSA) is 81.7 Å². The Labute approximate surface area is 137 Å². The predicted octanol–water partition coefficient (Wildman–Crippen LogP) is 1.52. The lowest BCUT2D eigenvalue weighted by molar-refractivity contribution is -0.175. The van der Waals surface area contributed by atoms with E-state index in [2.05, 4.69) is 9.47 Å². The molecule has 0 aliphatic rings. The molecule has 1 aromatic rings. The maximum Gasteiger partial charge on any atom is 0.471 e. The molecule has 0 spiro atoms. The Kier molecular flexibility index (Phi) is 6.83. The zero-order valence-corrected chi connectivity index (χ0v) is 12.7. The van der Waals surface area contributed by atoms with E-state index in [9.17, 15) is 36.3 Å². The highest BCUT2D eigenvalue weighted by Gasteiger charge is 2.41. The molecule has 1 aromatic carbocycles. The quantitative estimate of drug-likeness (QED) is 0.582. The highest BCUT2D eigenvalue weighted by Crippen LogP contribution is 2.21. The lowest BCUT2D eigenvalue weighted by Gasteiger charge is -2.18. The fourth-order valence-electron chi connectivity index (χ4n) is 1.60. The first-order valence-electron chi connectivity index (χ1n) is 6.60. The Morgan fingerprint density at radius 1 is 1.16 bits per heavy atom. The van der Waals surface area contributed by atoms with Gasteiger partial charge in [0.05, 0.1) is 13.5 Å². The number of Topliss-reactive ketones (excluding diaryl/α,β-unsaturated/α-hetero) is 1. The monoisotopic (exact) mass is 369 g/mol. The zero-order chi connectivity index (χ0) is 19.2. The molecule has 25 heavy (non-hydrogen) atoms. The first-order chi connectivity index (χ1) is 11.6. The van der Waals surface area contributed by atoms with Crippen LogP contribution in [0.2, 0.25) is 0 Å². The summed E-state index contributed by atoms with van der Waals surface area (Å²) in [6, 6.07) is 0.750. The van der Waals surface area contributed by atoms with Gasteiger partial charge < -0.3 is 14.8 Å². The minimum atomic E-state index is -5.30. The fraction of sp³-hybridized carbons (Fsp3) is 0.357. The van der Waals surface area contributed by atoms with E-state index in [1.165, 1.54) is 5.32 Å². The van der Waals surface area contributed by atoms with Gasteiger partial charge in [0.2, 0.25) is 0 Å². The second kappa shape index (κ2) is 8.40. The van der Waals surface area contributed by atoms with Gasteiger partial charge in [-0.05, 0) is 12.1 Å². The molecule has 0 fully saturated rings. The molecular weight excluding hydrogens is 357 g/mol. The van der Waals surface area contributed by atoms with Gasteiger partial charge in [0, 0.05) is 0 Å². The number of methoxy groups -OCH3 is 1. The molecule has 0 saturated carbocycles. The summed E-state index contributed by atoms with van der Waals surface area (Å²) >= 11 is 0. The number of carbonyl (C=O) groups excluding carboxylic acids is 3. The molecule has 1 amide bonds. The highest BCUT2D eigenvalue weighted by molar-refractivity contribution is 5.94. The zero-order valence-electron chi connectivity index (χ0n) is 12.7. The van der Waals surface area contributed by atoms with Gasteiger partial charge >= 0.3 is 18.1 Å². The van der Waals surface area contributed by atoms with Crippen LogP contribution in [0.5, 0.6) is 5.75 Å². The minimum absolute atomic E-state index is 0.834. The van der Waals surface area contributed by atoms with E-state index < -0.39 is 60.3 Å². The molecule has 1 atom stereocenters. The van der Waals surface area contributed by atoms with Crippen LogP contribution in [-0.2, 0) is 19.1 Å². The molecule has 0 heterocycles. The number of halogens is 5. The molecule has 6 nitrogen and oxygen atoms in total. The van der Waals surface area contributed by atoms with Crippen LogP contribution in [0.1, 0.15) is 6.42 Å². The average molecular weight is 369 g/mol. The Morgan fingerprint density at radius 3 is 2.20 bits per heavy atom. The SMILES string of the molecule is COC(=O)C[C@H](NC(=O)C(F)(F)F)C(=O)COc1c(F)cccc1F. The van der Waals surface area contributed by atoms with Crippen molar-refractivity contribution < 1.29 is 45.8 Å². The van der Waals surface area contributed by atoms with Gasteiger partial charge in [0.1, 0.15) is 12.6 Å². The third-order valence-corrected chi connectivity index (χ3v) is 2.83. The van der Waals surface area contributed by atoms with Crippen molar-refractivity contribution in [1.82, 2.24) is 5.32 Å². The van der Waals surface area contributed by atoms with E-state index in [-0.39, 0.29) is 0 Å². The first-order valence-corrected chi connectivity index (χ1v) is 6.60.